The van der Waals surface area contributed by atoms with Crippen LogP contribution in [0.4, 0.5) is 4.39 Å². The van der Waals surface area contributed by atoms with Gasteiger partial charge in [-0.05, 0) is 24.1 Å². The first-order valence-electron chi connectivity index (χ1n) is 5.15. The summed E-state index contributed by atoms with van der Waals surface area (Å²) in [5.74, 6) is -1.73. The Morgan fingerprint density at radius 1 is 1.44 bits per heavy atom. The molecule has 0 aliphatic rings. The predicted molar refractivity (Wildman–Crippen MR) is 61.4 cm³/mol. The van der Waals surface area contributed by atoms with Crippen LogP contribution in [0.15, 0.2) is 18.2 Å². The first-order chi connectivity index (χ1) is 8.38. The lowest BCUT2D eigenvalue weighted by atomic mass is 9.95. The molecule has 98 valence electrons. The molecule has 0 unspecified atom stereocenters. The maximum atomic E-state index is 13.2. The van der Waals surface area contributed by atoms with E-state index in [1.165, 1.54) is 6.07 Å². The van der Waals surface area contributed by atoms with Crippen LogP contribution in [0.1, 0.15) is 5.56 Å². The minimum Gasteiger partial charge on any atom is -0.496 e. The van der Waals surface area contributed by atoms with Crippen molar-refractivity contribution in [1.82, 2.24) is 0 Å². The van der Waals surface area contributed by atoms with E-state index in [-0.39, 0.29) is 12.2 Å². The molecule has 18 heavy (non-hydrogen) atoms. The number of carboxylic acids is 1. The Labute approximate surface area is 103 Å². The van der Waals surface area contributed by atoms with E-state index in [0.717, 1.165) is 12.1 Å². The molecule has 0 aromatic heterocycles. The minimum atomic E-state index is -1.67. The number of nitrogens with two attached hydrogens (primary N) is 1. The molecule has 5 N–H and O–H groups in total. The summed E-state index contributed by atoms with van der Waals surface area (Å²) in [6.07, 6.45) is -0.0505. The lowest BCUT2D eigenvalue weighted by Gasteiger charge is -2.10. The van der Waals surface area contributed by atoms with Gasteiger partial charge in [0, 0.05) is 6.07 Å². The van der Waals surface area contributed by atoms with Crippen LogP contribution in [-0.2, 0) is 11.2 Å². The van der Waals surface area contributed by atoms with Crippen LogP contribution in [0, 0.1) is 5.82 Å². The number of carboxylic acid groups (broad SMARTS) is 1. The molecule has 0 aliphatic carbocycles. The number of ether oxygens (including phenoxy) is 1. The molecule has 6 nitrogen and oxygen atoms in total. The lowest BCUT2D eigenvalue weighted by Crippen LogP contribution is -2.32. The van der Waals surface area contributed by atoms with Crippen molar-refractivity contribution >= 4 is 13.1 Å². The molecular formula is C10H13BFNO5. The van der Waals surface area contributed by atoms with E-state index >= 15 is 0 Å². The highest BCUT2D eigenvalue weighted by atomic mass is 19.1. The molecule has 1 aromatic carbocycles. The number of carbonyl (C=O) groups is 1. The molecule has 0 heterocycles. The summed E-state index contributed by atoms with van der Waals surface area (Å²) in [7, 11) is -1.67. The quantitative estimate of drug-likeness (QED) is 0.495. The van der Waals surface area contributed by atoms with Crippen LogP contribution < -0.4 is 10.5 Å². The Morgan fingerprint density at radius 3 is 2.67 bits per heavy atom. The van der Waals surface area contributed by atoms with Crippen molar-refractivity contribution < 1.29 is 29.1 Å². The van der Waals surface area contributed by atoms with Gasteiger partial charge in [0.1, 0.15) is 24.1 Å². The molecule has 0 fully saturated rings. The first-order valence-corrected chi connectivity index (χ1v) is 5.15. The molecule has 8 heteroatoms. The summed E-state index contributed by atoms with van der Waals surface area (Å²) < 4.78 is 18.1. The van der Waals surface area contributed by atoms with E-state index in [1.807, 2.05) is 0 Å². The molecule has 0 radical (unpaired) electrons. The zero-order valence-electron chi connectivity index (χ0n) is 9.41. The Balaban J connectivity index is 2.77. The van der Waals surface area contributed by atoms with Crippen LogP contribution in [0.5, 0.6) is 5.75 Å². The van der Waals surface area contributed by atoms with Gasteiger partial charge in [-0.1, -0.05) is 0 Å². The highest BCUT2D eigenvalue weighted by molar-refractivity contribution is 6.40. The Bertz CT molecular complexity index is 429. The third kappa shape index (κ3) is 4.70. The van der Waals surface area contributed by atoms with Crippen molar-refractivity contribution in [3.05, 3.63) is 29.6 Å². The second kappa shape index (κ2) is 6.34. The van der Waals surface area contributed by atoms with Crippen LogP contribution in [0.2, 0.25) is 0 Å². The molecule has 0 amide bonds. The Morgan fingerprint density at radius 2 is 2.11 bits per heavy atom. The van der Waals surface area contributed by atoms with Crippen LogP contribution >= 0.6 is 0 Å². The van der Waals surface area contributed by atoms with E-state index in [1.54, 1.807) is 0 Å². The normalized spacial score (nSPS) is 12.0. The summed E-state index contributed by atoms with van der Waals surface area (Å²) in [6, 6.07) is 2.46. The van der Waals surface area contributed by atoms with Crippen LogP contribution in [0.25, 0.3) is 0 Å². The third-order valence-electron chi connectivity index (χ3n) is 2.10. The van der Waals surface area contributed by atoms with Crippen molar-refractivity contribution in [2.75, 3.05) is 6.51 Å². The van der Waals surface area contributed by atoms with Gasteiger partial charge < -0.3 is 25.6 Å². The smallest absolute Gasteiger partial charge is 0.491 e. The number of halogens is 1. The molecule has 0 saturated carbocycles. The Hall–Kier alpha value is -1.64. The maximum absolute atomic E-state index is 13.2. The average Bonchev–Trinajstić information content (AvgIpc) is 2.25. The first kappa shape index (κ1) is 14.4. The van der Waals surface area contributed by atoms with Crippen LogP contribution in [-0.4, -0.2) is 40.8 Å². The number of aliphatic carboxylic acids is 1. The van der Waals surface area contributed by atoms with E-state index in [2.05, 4.69) is 0 Å². The standard InChI is InChI=1S/C10H13BFNO5/c12-7-1-6(3-9(13)10(14)15)2-8(4-7)18-5-11(16)17/h1-2,4,9,16-17H,3,5,13H2,(H,14,15)/t9-/m0/s1. The highest BCUT2D eigenvalue weighted by Gasteiger charge is 2.14. The highest BCUT2D eigenvalue weighted by Crippen LogP contribution is 2.17. The third-order valence-corrected chi connectivity index (χ3v) is 2.10. The molecule has 1 rings (SSSR count). The fourth-order valence-corrected chi connectivity index (χ4v) is 1.33. The van der Waals surface area contributed by atoms with Gasteiger partial charge in [0.25, 0.3) is 0 Å². The largest absolute Gasteiger partial charge is 0.496 e. The van der Waals surface area contributed by atoms with Gasteiger partial charge in [0.05, 0.1) is 0 Å². The summed E-state index contributed by atoms with van der Waals surface area (Å²) in [4.78, 5) is 10.6. The van der Waals surface area contributed by atoms with E-state index in [4.69, 9.17) is 25.6 Å². The van der Waals surface area contributed by atoms with E-state index in [0.29, 0.717) is 5.56 Å². The van der Waals surface area contributed by atoms with Gasteiger partial charge in [-0.3, -0.25) is 4.79 Å². The average molecular weight is 257 g/mol. The van der Waals surface area contributed by atoms with Crippen molar-refractivity contribution in [3.8, 4) is 5.75 Å². The number of benzene rings is 1. The van der Waals surface area contributed by atoms with E-state index in [9.17, 15) is 9.18 Å². The SMILES string of the molecule is N[C@@H](Cc1cc(F)cc(OCB(O)O)c1)C(=O)O. The Kier molecular flexibility index (Phi) is 5.08. The topological polar surface area (TPSA) is 113 Å². The van der Waals surface area contributed by atoms with Crippen molar-refractivity contribution in [1.29, 1.82) is 0 Å². The van der Waals surface area contributed by atoms with Gasteiger partial charge in [-0.25, -0.2) is 4.39 Å². The zero-order valence-corrected chi connectivity index (χ0v) is 9.41. The van der Waals surface area contributed by atoms with Gasteiger partial charge in [-0.15, -0.1) is 0 Å². The van der Waals surface area contributed by atoms with E-state index < -0.39 is 31.5 Å². The van der Waals surface area contributed by atoms with Gasteiger partial charge in [-0.2, -0.15) is 0 Å². The number of hydrogen-bond acceptors (Lipinski definition) is 5. The lowest BCUT2D eigenvalue weighted by molar-refractivity contribution is -0.138. The van der Waals surface area contributed by atoms with Crippen LogP contribution in [0.3, 0.4) is 0 Å². The molecule has 0 aliphatic heterocycles. The summed E-state index contributed by atoms with van der Waals surface area (Å²) in [6.45, 7) is -0.409. The summed E-state index contributed by atoms with van der Waals surface area (Å²) in [5, 5.41) is 25.9. The molecule has 0 spiro atoms. The van der Waals surface area contributed by atoms with Crippen molar-refractivity contribution in [2.45, 2.75) is 12.5 Å². The molecule has 0 bridgehead atoms. The molecule has 0 saturated heterocycles. The summed E-state index contributed by atoms with van der Waals surface area (Å²) >= 11 is 0. The summed E-state index contributed by atoms with van der Waals surface area (Å²) in [5.41, 5.74) is 5.68. The van der Waals surface area contributed by atoms with Crippen molar-refractivity contribution in [3.63, 3.8) is 0 Å². The van der Waals surface area contributed by atoms with Gasteiger partial charge >= 0.3 is 13.1 Å². The van der Waals surface area contributed by atoms with Gasteiger partial charge in [0.15, 0.2) is 0 Å². The van der Waals surface area contributed by atoms with Crippen molar-refractivity contribution in [2.24, 2.45) is 5.73 Å². The predicted octanol–water partition coefficient (Wildman–Crippen LogP) is -0.829. The number of hydrogen-bond donors (Lipinski definition) is 4. The second-order valence-corrected chi connectivity index (χ2v) is 3.74. The maximum Gasteiger partial charge on any atom is 0.491 e. The number of rotatable bonds is 6. The minimum absolute atomic E-state index is 0.0505. The molecule has 1 aromatic rings. The fourth-order valence-electron chi connectivity index (χ4n) is 1.33. The second-order valence-electron chi connectivity index (χ2n) is 3.74. The van der Waals surface area contributed by atoms with Gasteiger partial charge in [0.2, 0.25) is 0 Å². The molecular weight excluding hydrogens is 244 g/mol. The fraction of sp³-hybridized carbons (Fsp3) is 0.300. The zero-order chi connectivity index (χ0) is 13.7. The molecule has 1 atom stereocenters. The monoisotopic (exact) mass is 257 g/mol.